The van der Waals surface area contributed by atoms with Crippen molar-refractivity contribution in [2.45, 2.75) is 37.7 Å². The number of esters is 1. The third kappa shape index (κ3) is 4.48. The molecule has 9 heteroatoms. The first-order valence-corrected chi connectivity index (χ1v) is 10.2. The third-order valence-corrected chi connectivity index (χ3v) is 5.93. The minimum atomic E-state index is -0.430. The zero-order valence-electron chi connectivity index (χ0n) is 15.1. The number of nitrogens with one attached hydrogen (secondary N) is 1. The van der Waals surface area contributed by atoms with E-state index >= 15 is 0 Å². The summed E-state index contributed by atoms with van der Waals surface area (Å²) in [6.45, 7) is 5.66. The fourth-order valence-corrected chi connectivity index (χ4v) is 4.10. The summed E-state index contributed by atoms with van der Waals surface area (Å²) >= 11 is 2.37. The molecule has 2 aromatic heterocycles. The van der Waals surface area contributed by atoms with Gasteiger partial charge in [-0.2, -0.15) is 0 Å². The second-order valence-electron chi connectivity index (χ2n) is 5.61. The van der Waals surface area contributed by atoms with Crippen LogP contribution in [0.25, 0.3) is 11.1 Å². The molecule has 0 saturated heterocycles. The van der Waals surface area contributed by atoms with Gasteiger partial charge in [0.15, 0.2) is 10.7 Å². The van der Waals surface area contributed by atoms with Crippen LogP contribution in [0.2, 0.25) is 0 Å². The predicted molar refractivity (Wildman–Crippen MR) is 105 cm³/mol. The molecule has 1 N–H and O–H groups in total. The van der Waals surface area contributed by atoms with Gasteiger partial charge < -0.3 is 14.5 Å². The van der Waals surface area contributed by atoms with Gasteiger partial charge in [-0.3, -0.25) is 4.79 Å². The Balaban J connectivity index is 1.70. The van der Waals surface area contributed by atoms with Crippen LogP contribution in [0, 0.1) is 6.92 Å². The summed E-state index contributed by atoms with van der Waals surface area (Å²) in [6, 6.07) is 7.45. The van der Waals surface area contributed by atoms with Gasteiger partial charge in [-0.05, 0) is 32.4 Å². The first kappa shape index (κ1) is 19.4. The maximum Gasteiger partial charge on any atom is 0.350 e. The molecule has 0 aliphatic carbocycles. The maximum atomic E-state index is 12.6. The van der Waals surface area contributed by atoms with Gasteiger partial charge >= 0.3 is 5.97 Å². The third-order valence-electron chi connectivity index (χ3n) is 3.67. The van der Waals surface area contributed by atoms with Crippen molar-refractivity contribution in [1.82, 2.24) is 9.97 Å². The Kier molecular flexibility index (Phi) is 6.12. The Hall–Kier alpha value is -2.39. The molecule has 0 bridgehead atoms. The van der Waals surface area contributed by atoms with E-state index in [4.69, 9.17) is 9.15 Å². The molecule has 0 aliphatic rings. The van der Waals surface area contributed by atoms with Gasteiger partial charge in [0.1, 0.15) is 10.4 Å². The van der Waals surface area contributed by atoms with E-state index < -0.39 is 11.2 Å². The van der Waals surface area contributed by atoms with Crippen LogP contribution in [0.1, 0.15) is 35.6 Å². The number of aromatic nitrogens is 2. The number of hydrogen-bond acceptors (Lipinski definition) is 8. The smallest absolute Gasteiger partial charge is 0.350 e. The van der Waals surface area contributed by atoms with Gasteiger partial charge in [-0.25, -0.2) is 14.8 Å². The summed E-state index contributed by atoms with van der Waals surface area (Å²) in [5, 5.41) is 3.20. The summed E-state index contributed by atoms with van der Waals surface area (Å²) < 4.78 is 10.7. The van der Waals surface area contributed by atoms with Crippen molar-refractivity contribution in [3.05, 3.63) is 34.8 Å². The minimum absolute atomic E-state index is 0.214. The zero-order chi connectivity index (χ0) is 19.4. The largest absolute Gasteiger partial charge is 0.462 e. The Labute approximate surface area is 164 Å². The molecule has 3 rings (SSSR count). The molecule has 0 spiro atoms. The highest BCUT2D eigenvalue weighted by molar-refractivity contribution is 8.00. The lowest BCUT2D eigenvalue weighted by molar-refractivity contribution is -0.115. The molecule has 1 amide bonds. The number of carbonyl (C=O) groups is 2. The molecule has 0 fully saturated rings. The quantitative estimate of drug-likeness (QED) is 0.463. The molecular weight excluding hydrogens is 386 g/mol. The van der Waals surface area contributed by atoms with Crippen molar-refractivity contribution in [2.75, 3.05) is 11.9 Å². The summed E-state index contributed by atoms with van der Waals surface area (Å²) in [7, 11) is 0. The number of rotatable bonds is 7. The van der Waals surface area contributed by atoms with Crippen molar-refractivity contribution in [3.8, 4) is 0 Å². The van der Waals surface area contributed by atoms with Gasteiger partial charge in [0, 0.05) is 0 Å². The number of amides is 1. The second kappa shape index (κ2) is 8.53. The molecule has 0 radical (unpaired) electrons. The standard InChI is InChI=1S/C18H19N3O4S2/c1-4-13(26-18-20-11-8-6-7-9-12(11)25-18)15(22)21-17-19-10(3)14(27-17)16(23)24-5-2/h6-9,13H,4-5H2,1-3H3,(H,19,21,22)/t13-/m0/s1. The van der Waals surface area contributed by atoms with Crippen molar-refractivity contribution in [3.63, 3.8) is 0 Å². The fourth-order valence-electron chi connectivity index (χ4n) is 2.37. The number of oxazole rings is 1. The van der Waals surface area contributed by atoms with E-state index in [2.05, 4.69) is 15.3 Å². The number of anilines is 1. The van der Waals surface area contributed by atoms with Crippen molar-refractivity contribution in [2.24, 2.45) is 0 Å². The molecule has 1 aromatic carbocycles. The predicted octanol–water partition coefficient (Wildman–Crippen LogP) is 4.28. The number of hydrogen-bond donors (Lipinski definition) is 1. The number of ether oxygens (including phenoxy) is 1. The lowest BCUT2D eigenvalue weighted by Crippen LogP contribution is -2.24. The first-order chi connectivity index (χ1) is 13.0. The van der Waals surface area contributed by atoms with E-state index in [0.29, 0.717) is 32.9 Å². The van der Waals surface area contributed by atoms with Crippen molar-refractivity contribution in [1.29, 1.82) is 0 Å². The molecule has 2 heterocycles. The molecular formula is C18H19N3O4S2. The highest BCUT2D eigenvalue weighted by Crippen LogP contribution is 2.30. The van der Waals surface area contributed by atoms with E-state index in [-0.39, 0.29) is 12.5 Å². The van der Waals surface area contributed by atoms with Gasteiger partial charge in [-0.1, -0.05) is 42.2 Å². The van der Waals surface area contributed by atoms with Crippen LogP contribution in [0.3, 0.4) is 0 Å². The van der Waals surface area contributed by atoms with Crippen LogP contribution in [0.4, 0.5) is 5.13 Å². The first-order valence-electron chi connectivity index (χ1n) is 8.49. The summed E-state index contributed by atoms with van der Waals surface area (Å²) in [5.41, 5.74) is 1.98. The summed E-state index contributed by atoms with van der Waals surface area (Å²) in [6.07, 6.45) is 0.588. The molecule has 0 unspecified atom stereocenters. The van der Waals surface area contributed by atoms with E-state index in [1.165, 1.54) is 11.8 Å². The summed E-state index contributed by atoms with van der Waals surface area (Å²) in [4.78, 5) is 33.6. The van der Waals surface area contributed by atoms with Crippen LogP contribution >= 0.6 is 23.1 Å². The van der Waals surface area contributed by atoms with Crippen molar-refractivity contribution < 1.29 is 18.7 Å². The Morgan fingerprint density at radius 1 is 1.30 bits per heavy atom. The second-order valence-corrected chi connectivity index (χ2v) is 7.76. The molecule has 1 atom stereocenters. The van der Waals surface area contributed by atoms with Crippen molar-refractivity contribution >= 4 is 51.2 Å². The number of fused-ring (bicyclic) bond motifs is 1. The lowest BCUT2D eigenvalue weighted by atomic mass is 10.3. The maximum absolute atomic E-state index is 12.6. The Bertz CT molecular complexity index is 934. The number of benzene rings is 1. The van der Waals surface area contributed by atoms with Crippen LogP contribution < -0.4 is 5.32 Å². The van der Waals surface area contributed by atoms with Crippen LogP contribution in [0.15, 0.2) is 33.9 Å². The fraction of sp³-hybridized carbons (Fsp3) is 0.333. The van der Waals surface area contributed by atoms with Gasteiger partial charge in [0.2, 0.25) is 5.91 Å². The Morgan fingerprint density at radius 3 is 2.78 bits per heavy atom. The van der Waals surface area contributed by atoms with Gasteiger partial charge in [0.25, 0.3) is 5.22 Å². The highest BCUT2D eigenvalue weighted by Gasteiger charge is 2.23. The molecule has 3 aromatic rings. The lowest BCUT2D eigenvalue weighted by Gasteiger charge is -2.10. The topological polar surface area (TPSA) is 94.3 Å². The van der Waals surface area contributed by atoms with Gasteiger partial charge in [0.05, 0.1) is 17.6 Å². The SMILES string of the molecule is CCOC(=O)c1sc(NC(=O)[C@H](CC)Sc2nc3ccccc3o2)nc1C. The van der Waals surface area contributed by atoms with Gasteiger partial charge in [-0.15, -0.1) is 0 Å². The van der Waals surface area contributed by atoms with Crippen LogP contribution in [0.5, 0.6) is 0 Å². The van der Waals surface area contributed by atoms with E-state index in [1.807, 2.05) is 31.2 Å². The zero-order valence-corrected chi connectivity index (χ0v) is 16.8. The average molecular weight is 406 g/mol. The number of carbonyl (C=O) groups excluding carboxylic acids is 2. The molecule has 0 aliphatic heterocycles. The summed E-state index contributed by atoms with van der Waals surface area (Å²) in [5.74, 6) is -0.644. The number of para-hydroxylation sites is 2. The van der Waals surface area contributed by atoms with E-state index in [9.17, 15) is 9.59 Å². The number of thiazole rings is 1. The minimum Gasteiger partial charge on any atom is -0.462 e. The highest BCUT2D eigenvalue weighted by atomic mass is 32.2. The Morgan fingerprint density at radius 2 is 2.07 bits per heavy atom. The molecule has 142 valence electrons. The normalized spacial score (nSPS) is 12.1. The van der Waals surface area contributed by atoms with E-state index in [1.54, 1.807) is 13.8 Å². The van der Waals surface area contributed by atoms with Crippen LogP contribution in [-0.2, 0) is 9.53 Å². The molecule has 27 heavy (non-hydrogen) atoms. The van der Waals surface area contributed by atoms with Crippen LogP contribution in [-0.4, -0.2) is 33.7 Å². The molecule has 0 saturated carbocycles. The number of nitrogens with zero attached hydrogens (tertiary/aromatic N) is 2. The average Bonchev–Trinajstić information content (AvgIpc) is 3.22. The van der Waals surface area contributed by atoms with E-state index in [0.717, 1.165) is 16.9 Å². The number of thioether (sulfide) groups is 1. The number of aryl methyl sites for hydroxylation is 1. The molecule has 7 nitrogen and oxygen atoms in total. The monoisotopic (exact) mass is 405 g/mol.